The Kier molecular flexibility index (Phi) is 5.57. The van der Waals surface area contributed by atoms with E-state index in [1.165, 1.54) is 30.5 Å². The topological polar surface area (TPSA) is 88.7 Å². The lowest BCUT2D eigenvalue weighted by molar-refractivity contribution is -0.380. The molecule has 10 heteroatoms. The Bertz CT molecular complexity index is 1350. The molecule has 0 bridgehead atoms. The summed E-state index contributed by atoms with van der Waals surface area (Å²) in [7, 11) is 0. The number of thiazole rings is 1. The average Bonchev–Trinajstić information content (AvgIpc) is 3.35. The number of hydrazone groups is 1. The fraction of sp³-hybridized carbons (Fsp3) is 0.0952. The summed E-state index contributed by atoms with van der Waals surface area (Å²) in [6.45, 7) is 3.77. The Labute approximate surface area is 184 Å². The quantitative estimate of drug-likeness (QED) is 0.220. The van der Waals surface area contributed by atoms with Gasteiger partial charge in [-0.1, -0.05) is 40.4 Å². The molecule has 0 N–H and O–H groups in total. The summed E-state index contributed by atoms with van der Waals surface area (Å²) >= 11 is 2.08. The molecular formula is C21H15FN4O3S2. The van der Waals surface area contributed by atoms with E-state index in [1.54, 1.807) is 12.1 Å². The lowest BCUT2D eigenvalue weighted by atomic mass is 10.1. The van der Waals surface area contributed by atoms with Gasteiger partial charge in [-0.15, -0.1) is 0 Å². The van der Waals surface area contributed by atoms with Crippen LogP contribution in [0.4, 0.5) is 14.5 Å². The minimum Gasteiger partial charge on any atom is -0.267 e. The summed E-state index contributed by atoms with van der Waals surface area (Å²) in [5.74, 6) is -0.802. The first-order chi connectivity index (χ1) is 14.8. The van der Waals surface area contributed by atoms with E-state index in [9.17, 15) is 19.3 Å². The lowest BCUT2D eigenvalue weighted by Crippen LogP contribution is -2.26. The SMILES string of the molecule is Cc1ccc(C(=O)N(/N=C/c2ccc([N+](=O)[O-])s2)c2nc3ccc(F)cc3s2)c(C)c1. The largest absolute Gasteiger partial charge is 0.324 e. The van der Waals surface area contributed by atoms with Crippen LogP contribution in [-0.4, -0.2) is 22.0 Å². The number of rotatable bonds is 5. The number of benzene rings is 2. The minimum absolute atomic E-state index is 0.0239. The molecule has 2 aromatic heterocycles. The zero-order chi connectivity index (χ0) is 22.1. The summed E-state index contributed by atoms with van der Waals surface area (Å²) in [6, 6.07) is 12.6. The number of hydrogen-bond donors (Lipinski definition) is 0. The average molecular weight is 455 g/mol. The highest BCUT2D eigenvalue weighted by Crippen LogP contribution is 2.31. The van der Waals surface area contributed by atoms with Crippen LogP contribution in [0.25, 0.3) is 10.2 Å². The van der Waals surface area contributed by atoms with Gasteiger partial charge in [-0.2, -0.15) is 10.1 Å². The van der Waals surface area contributed by atoms with Crippen molar-refractivity contribution >= 4 is 55.1 Å². The van der Waals surface area contributed by atoms with Crippen molar-refractivity contribution in [3.63, 3.8) is 0 Å². The number of nitrogens with zero attached hydrogens (tertiary/aromatic N) is 4. The maximum Gasteiger partial charge on any atom is 0.324 e. The van der Waals surface area contributed by atoms with Crippen molar-refractivity contribution in [1.29, 1.82) is 0 Å². The fourth-order valence-corrected chi connectivity index (χ4v) is 4.59. The van der Waals surface area contributed by atoms with Crippen molar-refractivity contribution in [2.45, 2.75) is 13.8 Å². The van der Waals surface area contributed by atoms with Gasteiger partial charge in [-0.25, -0.2) is 9.37 Å². The van der Waals surface area contributed by atoms with Gasteiger partial charge < -0.3 is 0 Å². The second-order valence-corrected chi connectivity index (χ2v) is 8.82. The van der Waals surface area contributed by atoms with Gasteiger partial charge in [0.2, 0.25) is 5.13 Å². The molecule has 0 aliphatic heterocycles. The predicted molar refractivity (Wildman–Crippen MR) is 121 cm³/mol. The van der Waals surface area contributed by atoms with Crippen LogP contribution in [0.5, 0.6) is 0 Å². The van der Waals surface area contributed by atoms with Crippen LogP contribution in [0.1, 0.15) is 26.4 Å². The van der Waals surface area contributed by atoms with E-state index in [0.717, 1.165) is 38.8 Å². The van der Waals surface area contributed by atoms with E-state index >= 15 is 0 Å². The van der Waals surface area contributed by atoms with Crippen molar-refractivity contribution in [2.24, 2.45) is 5.10 Å². The van der Waals surface area contributed by atoms with Crippen LogP contribution < -0.4 is 5.01 Å². The molecule has 0 saturated carbocycles. The first-order valence-corrected chi connectivity index (χ1v) is 10.7. The minimum atomic E-state index is -0.483. The van der Waals surface area contributed by atoms with Crippen LogP contribution in [0.15, 0.2) is 53.6 Å². The van der Waals surface area contributed by atoms with Crippen LogP contribution >= 0.6 is 22.7 Å². The number of carbonyl (C=O) groups excluding carboxylic acids is 1. The Morgan fingerprint density at radius 3 is 2.68 bits per heavy atom. The van der Waals surface area contributed by atoms with Gasteiger partial charge in [0.15, 0.2) is 0 Å². The number of halogens is 1. The molecule has 2 heterocycles. The number of amides is 1. The van der Waals surface area contributed by atoms with Gasteiger partial charge in [0, 0.05) is 11.6 Å². The third kappa shape index (κ3) is 4.35. The fourth-order valence-electron chi connectivity index (χ4n) is 2.96. The van der Waals surface area contributed by atoms with Gasteiger partial charge in [0.05, 0.1) is 26.2 Å². The van der Waals surface area contributed by atoms with Crippen molar-refractivity contribution in [3.05, 3.63) is 86.0 Å². The lowest BCUT2D eigenvalue weighted by Gasteiger charge is -2.15. The zero-order valence-corrected chi connectivity index (χ0v) is 18.0. The molecule has 0 aliphatic rings. The number of thiophene rings is 1. The van der Waals surface area contributed by atoms with Gasteiger partial charge in [-0.3, -0.25) is 14.9 Å². The Balaban J connectivity index is 1.77. The predicted octanol–water partition coefficient (Wildman–Crippen LogP) is 5.70. The molecule has 0 fully saturated rings. The van der Waals surface area contributed by atoms with Gasteiger partial charge in [-0.05, 0) is 49.7 Å². The van der Waals surface area contributed by atoms with Crippen LogP contribution in [0.2, 0.25) is 0 Å². The van der Waals surface area contributed by atoms with Crippen LogP contribution in [0.3, 0.4) is 0 Å². The highest BCUT2D eigenvalue weighted by Gasteiger charge is 2.23. The third-order valence-electron chi connectivity index (χ3n) is 4.42. The molecule has 0 spiro atoms. The highest BCUT2D eigenvalue weighted by atomic mass is 32.1. The molecule has 4 aromatic rings. The van der Waals surface area contributed by atoms with E-state index in [2.05, 4.69) is 10.1 Å². The van der Waals surface area contributed by atoms with Crippen molar-refractivity contribution in [1.82, 2.24) is 4.98 Å². The molecule has 31 heavy (non-hydrogen) atoms. The summed E-state index contributed by atoms with van der Waals surface area (Å²) in [5.41, 5.74) is 2.79. The number of fused-ring (bicyclic) bond motifs is 1. The molecule has 2 aromatic carbocycles. The number of hydrogen-bond acceptors (Lipinski definition) is 7. The molecule has 0 radical (unpaired) electrons. The van der Waals surface area contributed by atoms with E-state index < -0.39 is 16.6 Å². The number of anilines is 1. The Morgan fingerprint density at radius 1 is 1.16 bits per heavy atom. The summed E-state index contributed by atoms with van der Waals surface area (Å²) in [5, 5.41) is 16.6. The molecule has 0 unspecified atom stereocenters. The van der Waals surface area contributed by atoms with Crippen molar-refractivity contribution in [3.8, 4) is 0 Å². The first kappa shape index (κ1) is 20.8. The number of nitro groups is 1. The Morgan fingerprint density at radius 2 is 1.97 bits per heavy atom. The summed E-state index contributed by atoms with van der Waals surface area (Å²) in [6.07, 6.45) is 1.38. The van der Waals surface area contributed by atoms with E-state index in [0.29, 0.717) is 20.7 Å². The Hall–Kier alpha value is -3.50. The molecule has 0 saturated heterocycles. The highest BCUT2D eigenvalue weighted by molar-refractivity contribution is 7.22. The van der Waals surface area contributed by atoms with Crippen LogP contribution in [-0.2, 0) is 0 Å². The summed E-state index contributed by atoms with van der Waals surface area (Å²) < 4.78 is 14.2. The molecule has 0 aliphatic carbocycles. The number of aryl methyl sites for hydroxylation is 2. The molecule has 156 valence electrons. The summed E-state index contributed by atoms with van der Waals surface area (Å²) in [4.78, 5) is 28.7. The van der Waals surface area contributed by atoms with Crippen molar-refractivity contribution in [2.75, 3.05) is 5.01 Å². The zero-order valence-electron chi connectivity index (χ0n) is 16.4. The van der Waals surface area contributed by atoms with Crippen LogP contribution in [0, 0.1) is 29.8 Å². The second kappa shape index (κ2) is 8.32. The maximum atomic E-state index is 13.6. The van der Waals surface area contributed by atoms with E-state index in [4.69, 9.17) is 0 Å². The number of carbonyl (C=O) groups is 1. The maximum absolute atomic E-state index is 13.6. The van der Waals surface area contributed by atoms with E-state index in [1.807, 2.05) is 26.0 Å². The monoisotopic (exact) mass is 454 g/mol. The number of aromatic nitrogens is 1. The molecule has 0 atom stereocenters. The molecule has 7 nitrogen and oxygen atoms in total. The second-order valence-electron chi connectivity index (χ2n) is 6.72. The first-order valence-electron chi connectivity index (χ1n) is 9.08. The molecule has 1 amide bonds. The molecular weight excluding hydrogens is 439 g/mol. The molecule has 4 rings (SSSR count). The van der Waals surface area contributed by atoms with Gasteiger partial charge in [0.1, 0.15) is 5.82 Å². The normalized spacial score (nSPS) is 11.3. The van der Waals surface area contributed by atoms with E-state index in [-0.39, 0.29) is 10.1 Å². The smallest absolute Gasteiger partial charge is 0.267 e. The van der Waals surface area contributed by atoms with Gasteiger partial charge in [0.25, 0.3) is 5.91 Å². The standard InChI is InChI=1S/C21H15FN4O3S2/c1-12-3-6-16(13(2)9-12)20(27)25(23-11-15-5-8-19(30-15)26(28)29)21-24-17-7-4-14(22)10-18(17)31-21/h3-11H,1-2H3/b23-11+. The third-order valence-corrected chi connectivity index (χ3v) is 6.38. The van der Waals surface area contributed by atoms with Gasteiger partial charge >= 0.3 is 5.00 Å². The van der Waals surface area contributed by atoms with Crippen molar-refractivity contribution < 1.29 is 14.1 Å².